The Bertz CT molecular complexity index is 546. The van der Waals surface area contributed by atoms with Crippen LogP contribution in [-0.2, 0) is 4.79 Å². The van der Waals surface area contributed by atoms with Crippen LogP contribution < -0.4 is 5.32 Å². The molecule has 3 fully saturated rings. The maximum Gasteiger partial charge on any atom is 0.239 e. The Labute approximate surface area is 200 Å². The molecular formula is C22H43IN6O. The molecule has 3 rings (SSSR count). The zero-order chi connectivity index (χ0) is 20.6. The summed E-state index contributed by atoms with van der Waals surface area (Å²) >= 11 is 0. The third-order valence-electron chi connectivity index (χ3n) is 6.86. The second-order valence-electron chi connectivity index (χ2n) is 8.85. The van der Waals surface area contributed by atoms with E-state index in [9.17, 15) is 4.79 Å². The Morgan fingerprint density at radius 3 is 2.30 bits per heavy atom. The lowest BCUT2D eigenvalue weighted by Gasteiger charge is -2.39. The predicted octanol–water partition coefficient (Wildman–Crippen LogP) is 2.07. The number of halogens is 1. The molecule has 174 valence electrons. The van der Waals surface area contributed by atoms with Gasteiger partial charge in [-0.15, -0.1) is 24.0 Å². The van der Waals surface area contributed by atoms with Crippen LogP contribution in [-0.4, -0.2) is 109 Å². The lowest BCUT2D eigenvalue weighted by atomic mass is 10.0. The third-order valence-corrected chi connectivity index (χ3v) is 6.86. The number of guanidine groups is 1. The fourth-order valence-electron chi connectivity index (χ4n) is 4.88. The van der Waals surface area contributed by atoms with Crippen molar-refractivity contribution in [2.24, 2.45) is 4.99 Å². The Morgan fingerprint density at radius 1 is 1.00 bits per heavy atom. The van der Waals surface area contributed by atoms with Crippen LogP contribution in [0.5, 0.6) is 0 Å². The van der Waals surface area contributed by atoms with Crippen molar-refractivity contribution in [2.75, 3.05) is 65.4 Å². The van der Waals surface area contributed by atoms with Crippen LogP contribution in [0.2, 0.25) is 0 Å². The molecule has 3 aliphatic rings. The fourth-order valence-corrected chi connectivity index (χ4v) is 4.88. The Morgan fingerprint density at radius 2 is 1.67 bits per heavy atom. The van der Waals surface area contributed by atoms with Crippen LogP contribution in [0.3, 0.4) is 0 Å². The molecule has 2 atom stereocenters. The molecule has 7 nitrogen and oxygen atoms in total. The highest BCUT2D eigenvalue weighted by molar-refractivity contribution is 14.0. The number of hydrogen-bond donors (Lipinski definition) is 1. The van der Waals surface area contributed by atoms with Gasteiger partial charge in [-0.25, -0.2) is 0 Å². The average molecular weight is 535 g/mol. The monoisotopic (exact) mass is 534 g/mol. The van der Waals surface area contributed by atoms with E-state index in [-0.39, 0.29) is 30.0 Å². The molecule has 0 radical (unpaired) electrons. The van der Waals surface area contributed by atoms with Crippen molar-refractivity contribution in [3.8, 4) is 0 Å². The van der Waals surface area contributed by atoms with Crippen LogP contribution in [0.25, 0.3) is 0 Å². The average Bonchev–Trinajstić information content (AvgIpc) is 3.28. The number of rotatable bonds is 6. The predicted molar refractivity (Wildman–Crippen MR) is 135 cm³/mol. The maximum absolute atomic E-state index is 12.7. The summed E-state index contributed by atoms with van der Waals surface area (Å²) in [7, 11) is 0. The minimum atomic E-state index is -0.00429. The van der Waals surface area contributed by atoms with E-state index in [0.29, 0.717) is 11.9 Å². The van der Waals surface area contributed by atoms with Gasteiger partial charge in [0.05, 0.1) is 12.6 Å². The number of piperazine rings is 1. The van der Waals surface area contributed by atoms with Crippen LogP contribution >= 0.6 is 24.0 Å². The maximum atomic E-state index is 12.7. The molecule has 0 aromatic rings. The van der Waals surface area contributed by atoms with Gasteiger partial charge in [0.1, 0.15) is 0 Å². The molecule has 3 saturated heterocycles. The highest BCUT2D eigenvalue weighted by Crippen LogP contribution is 2.16. The van der Waals surface area contributed by atoms with Gasteiger partial charge in [0.2, 0.25) is 5.91 Å². The highest BCUT2D eigenvalue weighted by Gasteiger charge is 2.30. The first kappa shape index (κ1) is 25.6. The molecule has 8 heteroatoms. The van der Waals surface area contributed by atoms with Gasteiger partial charge in [-0.05, 0) is 53.0 Å². The van der Waals surface area contributed by atoms with Crippen molar-refractivity contribution in [1.29, 1.82) is 0 Å². The zero-order valence-electron chi connectivity index (χ0n) is 19.3. The van der Waals surface area contributed by atoms with Crippen molar-refractivity contribution >= 4 is 35.8 Å². The van der Waals surface area contributed by atoms with Crippen LogP contribution in [0.4, 0.5) is 0 Å². The van der Waals surface area contributed by atoms with Crippen molar-refractivity contribution in [3.05, 3.63) is 0 Å². The van der Waals surface area contributed by atoms with E-state index < -0.39 is 0 Å². The molecule has 0 saturated carbocycles. The largest absolute Gasteiger partial charge is 0.357 e. The molecule has 30 heavy (non-hydrogen) atoms. The van der Waals surface area contributed by atoms with Crippen molar-refractivity contribution in [1.82, 2.24) is 24.9 Å². The number of carbonyl (C=O) groups excluding carboxylic acids is 1. The first-order valence-electron chi connectivity index (χ1n) is 11.9. The molecular weight excluding hydrogens is 491 g/mol. The second kappa shape index (κ2) is 13.1. The summed E-state index contributed by atoms with van der Waals surface area (Å²) < 4.78 is 0. The SMILES string of the molecule is CCNC(=NCCN1CCCCC1C)N1CCN(C(C)C(=O)N2CCCC2)CC1.I. The first-order chi connectivity index (χ1) is 14.1. The summed E-state index contributed by atoms with van der Waals surface area (Å²) in [6.45, 7) is 16.2. The van der Waals surface area contributed by atoms with Gasteiger partial charge in [-0.3, -0.25) is 19.6 Å². The second-order valence-corrected chi connectivity index (χ2v) is 8.85. The van der Waals surface area contributed by atoms with Crippen LogP contribution in [0.15, 0.2) is 4.99 Å². The molecule has 3 aliphatic heterocycles. The van der Waals surface area contributed by atoms with E-state index in [1.165, 1.54) is 25.8 Å². The molecule has 1 N–H and O–H groups in total. The minimum absolute atomic E-state index is 0. The summed E-state index contributed by atoms with van der Waals surface area (Å²) in [6.07, 6.45) is 6.33. The van der Waals surface area contributed by atoms with Gasteiger partial charge in [0, 0.05) is 58.4 Å². The van der Waals surface area contributed by atoms with Gasteiger partial charge >= 0.3 is 0 Å². The lowest BCUT2D eigenvalue weighted by molar-refractivity contribution is -0.135. The normalized spacial score (nSPS) is 25.2. The van der Waals surface area contributed by atoms with E-state index in [2.05, 4.69) is 40.8 Å². The summed E-state index contributed by atoms with van der Waals surface area (Å²) in [4.78, 5) is 27.0. The van der Waals surface area contributed by atoms with Gasteiger partial charge in [0.25, 0.3) is 0 Å². The Kier molecular flexibility index (Phi) is 11.2. The molecule has 0 aromatic heterocycles. The van der Waals surface area contributed by atoms with E-state index in [1.54, 1.807) is 0 Å². The number of aliphatic imine (C=N–C) groups is 1. The minimum Gasteiger partial charge on any atom is -0.357 e. The highest BCUT2D eigenvalue weighted by atomic mass is 127. The van der Waals surface area contributed by atoms with Crippen molar-refractivity contribution < 1.29 is 4.79 Å². The standard InChI is InChI=1S/C22H42N6O.HI/c1-4-23-22(24-10-14-25-11-6-5-9-19(25)2)28-17-15-26(16-18-28)20(3)21(29)27-12-7-8-13-27;/h19-20H,4-18H2,1-3H3,(H,23,24);1H. The number of likely N-dealkylation sites (tertiary alicyclic amines) is 2. The first-order valence-corrected chi connectivity index (χ1v) is 11.9. The van der Waals surface area contributed by atoms with E-state index in [0.717, 1.165) is 77.7 Å². The number of amides is 1. The summed E-state index contributed by atoms with van der Waals surface area (Å²) in [5, 5.41) is 3.48. The molecule has 0 aromatic carbocycles. The Hall–Kier alpha value is -0.610. The Balaban J connectivity index is 0.00000320. The number of hydrogen-bond acceptors (Lipinski definition) is 4. The molecule has 2 unspecified atom stereocenters. The molecule has 3 heterocycles. The molecule has 1 amide bonds. The van der Waals surface area contributed by atoms with Gasteiger partial charge in [-0.2, -0.15) is 0 Å². The van der Waals surface area contributed by atoms with Gasteiger partial charge in [0.15, 0.2) is 5.96 Å². The number of nitrogens with zero attached hydrogens (tertiary/aromatic N) is 5. The smallest absolute Gasteiger partial charge is 0.239 e. The third kappa shape index (κ3) is 6.95. The zero-order valence-corrected chi connectivity index (χ0v) is 21.6. The summed E-state index contributed by atoms with van der Waals surface area (Å²) in [5.74, 6) is 1.35. The lowest BCUT2D eigenvalue weighted by Crippen LogP contribution is -2.57. The van der Waals surface area contributed by atoms with Gasteiger partial charge < -0.3 is 15.1 Å². The number of piperidine rings is 1. The van der Waals surface area contributed by atoms with Gasteiger partial charge in [-0.1, -0.05) is 6.42 Å². The summed E-state index contributed by atoms with van der Waals surface area (Å²) in [6, 6.07) is 0.690. The van der Waals surface area contributed by atoms with Crippen molar-refractivity contribution in [2.45, 2.75) is 65.0 Å². The van der Waals surface area contributed by atoms with E-state index in [4.69, 9.17) is 4.99 Å². The van der Waals surface area contributed by atoms with Crippen LogP contribution in [0.1, 0.15) is 52.9 Å². The quantitative estimate of drug-likeness (QED) is 0.322. The molecule has 0 aliphatic carbocycles. The number of carbonyl (C=O) groups is 1. The number of nitrogens with one attached hydrogen (secondary N) is 1. The molecule has 0 bridgehead atoms. The molecule has 0 spiro atoms. The van der Waals surface area contributed by atoms with E-state index >= 15 is 0 Å². The van der Waals surface area contributed by atoms with Crippen LogP contribution in [0, 0.1) is 0 Å². The van der Waals surface area contributed by atoms with Crippen molar-refractivity contribution in [3.63, 3.8) is 0 Å². The topological polar surface area (TPSA) is 54.4 Å². The fraction of sp³-hybridized carbons (Fsp3) is 0.909. The van der Waals surface area contributed by atoms with E-state index in [1.807, 2.05) is 4.90 Å². The summed E-state index contributed by atoms with van der Waals surface area (Å²) in [5.41, 5.74) is 0.